The zero-order valence-corrected chi connectivity index (χ0v) is 11.9. The van der Waals surface area contributed by atoms with Gasteiger partial charge in [-0.2, -0.15) is 11.8 Å². The van der Waals surface area contributed by atoms with Crippen molar-refractivity contribution in [3.05, 3.63) is 60.2 Å². The highest BCUT2D eigenvalue weighted by atomic mass is 32.2. The maximum absolute atomic E-state index is 5.70. The molecule has 0 bridgehead atoms. The summed E-state index contributed by atoms with van der Waals surface area (Å²) in [6, 6.07) is 18.1. The van der Waals surface area contributed by atoms with Crippen molar-refractivity contribution in [2.24, 2.45) is 0 Å². The van der Waals surface area contributed by atoms with Gasteiger partial charge in [0.15, 0.2) is 0 Å². The van der Waals surface area contributed by atoms with Gasteiger partial charge in [-0.25, -0.2) is 0 Å². The Morgan fingerprint density at radius 1 is 1.11 bits per heavy atom. The van der Waals surface area contributed by atoms with Gasteiger partial charge in [0.2, 0.25) is 0 Å². The van der Waals surface area contributed by atoms with Gasteiger partial charge in [-0.3, -0.25) is 0 Å². The zero-order valence-electron chi connectivity index (χ0n) is 11.1. The van der Waals surface area contributed by atoms with Crippen LogP contribution in [0.2, 0.25) is 0 Å². The molecule has 100 valence electrons. The summed E-state index contributed by atoms with van der Waals surface area (Å²) >= 11 is 1.90. The van der Waals surface area contributed by atoms with Crippen molar-refractivity contribution >= 4 is 17.4 Å². The Kier molecular flexibility index (Phi) is 5.16. The molecule has 0 aliphatic rings. The summed E-state index contributed by atoms with van der Waals surface area (Å²) in [5.74, 6) is 1.80. The number of rotatable bonds is 6. The minimum absolute atomic E-state index is 0.491. The predicted molar refractivity (Wildman–Crippen MR) is 83.7 cm³/mol. The normalized spacial score (nSPS) is 12.1. The maximum Gasteiger partial charge on any atom is 0.121 e. The average molecular weight is 273 g/mol. The highest BCUT2D eigenvalue weighted by Crippen LogP contribution is 2.27. The molecule has 0 fully saturated rings. The van der Waals surface area contributed by atoms with E-state index in [1.807, 2.05) is 42.1 Å². The van der Waals surface area contributed by atoms with Crippen LogP contribution >= 0.6 is 11.8 Å². The van der Waals surface area contributed by atoms with Crippen LogP contribution in [0.25, 0.3) is 0 Å². The highest BCUT2D eigenvalue weighted by Gasteiger charge is 2.04. The van der Waals surface area contributed by atoms with Crippen molar-refractivity contribution in [3.63, 3.8) is 0 Å². The Balaban J connectivity index is 1.72. The molecule has 0 aliphatic heterocycles. The first kappa shape index (κ1) is 13.8. The summed E-state index contributed by atoms with van der Waals surface area (Å²) in [4.78, 5) is 0. The molecule has 2 N–H and O–H groups in total. The lowest BCUT2D eigenvalue weighted by atomic mass is 10.2. The van der Waals surface area contributed by atoms with Gasteiger partial charge in [0, 0.05) is 22.8 Å². The molecule has 0 radical (unpaired) electrons. The number of hydrogen-bond acceptors (Lipinski definition) is 3. The van der Waals surface area contributed by atoms with Crippen molar-refractivity contribution in [1.29, 1.82) is 0 Å². The van der Waals surface area contributed by atoms with Gasteiger partial charge in [-0.1, -0.05) is 36.4 Å². The Morgan fingerprint density at radius 2 is 1.89 bits per heavy atom. The molecule has 0 saturated carbocycles. The van der Waals surface area contributed by atoms with Gasteiger partial charge < -0.3 is 10.5 Å². The molecule has 0 spiro atoms. The molecule has 0 aromatic heterocycles. The van der Waals surface area contributed by atoms with E-state index in [1.54, 1.807) is 0 Å². The summed E-state index contributed by atoms with van der Waals surface area (Å²) in [7, 11) is 0. The van der Waals surface area contributed by atoms with Gasteiger partial charge in [0.05, 0.1) is 6.61 Å². The Morgan fingerprint density at radius 3 is 2.63 bits per heavy atom. The minimum atomic E-state index is 0.491. The van der Waals surface area contributed by atoms with E-state index in [4.69, 9.17) is 10.5 Å². The van der Waals surface area contributed by atoms with Gasteiger partial charge in [0.1, 0.15) is 5.75 Å². The number of hydrogen-bond donors (Lipinski definition) is 1. The molecular formula is C16H19NOS. The van der Waals surface area contributed by atoms with Crippen LogP contribution in [-0.4, -0.2) is 12.4 Å². The van der Waals surface area contributed by atoms with Crippen LogP contribution in [0.5, 0.6) is 5.75 Å². The van der Waals surface area contributed by atoms with E-state index >= 15 is 0 Å². The van der Waals surface area contributed by atoms with Crippen molar-refractivity contribution in [1.82, 2.24) is 0 Å². The number of benzene rings is 2. The van der Waals surface area contributed by atoms with E-state index in [-0.39, 0.29) is 0 Å². The number of ether oxygens (including phenoxy) is 1. The summed E-state index contributed by atoms with van der Waals surface area (Å²) in [6.07, 6.45) is 0. The molecule has 1 unspecified atom stereocenters. The van der Waals surface area contributed by atoms with Gasteiger partial charge in [-0.05, 0) is 24.6 Å². The molecule has 0 saturated heterocycles. The first-order valence-electron chi connectivity index (χ1n) is 6.40. The highest BCUT2D eigenvalue weighted by molar-refractivity contribution is 7.99. The standard InChI is InChI=1S/C16H19NOS/c1-13(14-6-3-2-4-7-14)19-11-10-18-16-9-5-8-15(17)12-16/h2-9,12-13H,10-11,17H2,1H3. The van der Waals surface area contributed by atoms with Crippen molar-refractivity contribution < 1.29 is 4.74 Å². The number of thioether (sulfide) groups is 1. The van der Waals surface area contributed by atoms with E-state index in [0.29, 0.717) is 11.9 Å². The van der Waals surface area contributed by atoms with Crippen LogP contribution < -0.4 is 10.5 Å². The largest absolute Gasteiger partial charge is 0.493 e. The van der Waals surface area contributed by atoms with Crippen molar-refractivity contribution in [2.75, 3.05) is 18.1 Å². The van der Waals surface area contributed by atoms with Gasteiger partial charge in [0.25, 0.3) is 0 Å². The number of nitrogens with two attached hydrogens (primary N) is 1. The molecule has 2 nitrogen and oxygen atoms in total. The van der Waals surface area contributed by atoms with Gasteiger partial charge in [-0.15, -0.1) is 0 Å². The fourth-order valence-corrected chi connectivity index (χ4v) is 2.69. The molecule has 2 aromatic carbocycles. The predicted octanol–water partition coefficient (Wildman–Crippen LogP) is 4.14. The quantitative estimate of drug-likeness (QED) is 0.634. The minimum Gasteiger partial charge on any atom is -0.493 e. The van der Waals surface area contributed by atoms with E-state index in [0.717, 1.165) is 17.2 Å². The molecule has 1 atom stereocenters. The SMILES string of the molecule is CC(SCCOc1cccc(N)c1)c1ccccc1. The molecule has 0 aliphatic carbocycles. The van der Waals surface area contributed by atoms with E-state index in [9.17, 15) is 0 Å². The van der Waals surface area contributed by atoms with Crippen LogP contribution in [0.3, 0.4) is 0 Å². The van der Waals surface area contributed by atoms with Crippen LogP contribution in [0.1, 0.15) is 17.7 Å². The van der Waals surface area contributed by atoms with Crippen LogP contribution in [0.4, 0.5) is 5.69 Å². The third-order valence-corrected chi connectivity index (χ3v) is 4.02. The zero-order chi connectivity index (χ0) is 13.5. The fourth-order valence-electron chi connectivity index (χ4n) is 1.81. The Hall–Kier alpha value is -1.61. The number of anilines is 1. The topological polar surface area (TPSA) is 35.2 Å². The molecule has 0 amide bonds. The van der Waals surface area contributed by atoms with E-state index in [1.165, 1.54) is 5.56 Å². The lowest BCUT2D eigenvalue weighted by Gasteiger charge is -2.12. The van der Waals surface area contributed by atoms with Crippen LogP contribution in [-0.2, 0) is 0 Å². The lowest BCUT2D eigenvalue weighted by Crippen LogP contribution is -2.02. The second-order valence-electron chi connectivity index (χ2n) is 4.34. The second kappa shape index (κ2) is 7.10. The molecule has 2 aromatic rings. The summed E-state index contributed by atoms with van der Waals surface area (Å²) in [5.41, 5.74) is 7.80. The van der Waals surface area contributed by atoms with Crippen LogP contribution in [0.15, 0.2) is 54.6 Å². The first-order chi connectivity index (χ1) is 9.25. The van der Waals surface area contributed by atoms with E-state index in [2.05, 4.69) is 31.2 Å². The van der Waals surface area contributed by atoms with Crippen molar-refractivity contribution in [3.8, 4) is 5.75 Å². The van der Waals surface area contributed by atoms with Crippen LogP contribution in [0, 0.1) is 0 Å². The summed E-state index contributed by atoms with van der Waals surface area (Å²) < 4.78 is 5.67. The number of nitrogen functional groups attached to an aromatic ring is 1. The molecule has 0 heterocycles. The second-order valence-corrected chi connectivity index (χ2v) is 5.79. The maximum atomic E-state index is 5.70. The third-order valence-electron chi connectivity index (χ3n) is 2.85. The summed E-state index contributed by atoms with van der Waals surface area (Å²) in [6.45, 7) is 2.92. The first-order valence-corrected chi connectivity index (χ1v) is 7.45. The molecule has 2 rings (SSSR count). The lowest BCUT2D eigenvalue weighted by molar-refractivity contribution is 0.344. The third kappa shape index (κ3) is 4.52. The Labute approximate surface area is 119 Å². The monoisotopic (exact) mass is 273 g/mol. The molecule has 3 heteroatoms. The average Bonchev–Trinajstić information content (AvgIpc) is 2.44. The Bertz CT molecular complexity index is 501. The smallest absolute Gasteiger partial charge is 0.121 e. The van der Waals surface area contributed by atoms with E-state index < -0.39 is 0 Å². The fraction of sp³-hybridized carbons (Fsp3) is 0.250. The van der Waals surface area contributed by atoms with Crippen molar-refractivity contribution in [2.45, 2.75) is 12.2 Å². The molecular weight excluding hydrogens is 254 g/mol. The molecule has 19 heavy (non-hydrogen) atoms. The van der Waals surface area contributed by atoms with Gasteiger partial charge >= 0.3 is 0 Å². The summed E-state index contributed by atoms with van der Waals surface area (Å²) in [5, 5.41) is 0.491.